The molecular weight excluding hydrogens is 156 g/mol. The minimum atomic E-state index is -0.118. The van der Waals surface area contributed by atoms with Gasteiger partial charge in [-0.15, -0.1) is 0 Å². The Morgan fingerprint density at radius 1 is 1.42 bits per heavy atom. The van der Waals surface area contributed by atoms with E-state index in [1.165, 1.54) is 4.68 Å². The summed E-state index contributed by atoms with van der Waals surface area (Å²) in [6.45, 7) is 0. The van der Waals surface area contributed by atoms with Gasteiger partial charge in [-0.3, -0.25) is 4.79 Å². The Hall–Kier alpha value is -1.65. The van der Waals surface area contributed by atoms with Crippen molar-refractivity contribution in [2.75, 3.05) is 0 Å². The molecule has 0 aliphatic heterocycles. The van der Waals surface area contributed by atoms with E-state index in [0.717, 1.165) is 0 Å². The zero-order valence-corrected chi connectivity index (χ0v) is 6.85. The zero-order valence-electron chi connectivity index (χ0n) is 6.85. The van der Waals surface area contributed by atoms with Gasteiger partial charge < -0.3 is 4.57 Å². The molecule has 0 bridgehead atoms. The van der Waals surface area contributed by atoms with E-state index in [1.54, 1.807) is 31.2 Å². The van der Waals surface area contributed by atoms with Gasteiger partial charge in [-0.2, -0.15) is 5.10 Å². The van der Waals surface area contributed by atoms with Gasteiger partial charge in [0.15, 0.2) is 0 Å². The molecule has 0 aliphatic rings. The first kappa shape index (κ1) is 7.02. The van der Waals surface area contributed by atoms with Gasteiger partial charge in [-0.25, -0.2) is 9.67 Å². The first-order valence-corrected chi connectivity index (χ1v) is 3.53. The van der Waals surface area contributed by atoms with Gasteiger partial charge >= 0.3 is 0 Å². The first-order chi connectivity index (χ1) is 5.70. The molecule has 0 unspecified atom stereocenters. The molecule has 0 aromatic carbocycles. The quantitative estimate of drug-likeness (QED) is 0.535. The Morgan fingerprint density at radius 2 is 2.17 bits per heavy atom. The molecule has 2 rings (SSSR count). The maximum atomic E-state index is 11.4. The zero-order chi connectivity index (χ0) is 8.72. The van der Waals surface area contributed by atoms with E-state index < -0.39 is 0 Å². The van der Waals surface area contributed by atoms with Crippen molar-refractivity contribution in [3.8, 4) is 0 Å². The number of aromatic nitrogens is 4. The van der Waals surface area contributed by atoms with E-state index in [9.17, 15) is 4.79 Å². The third kappa shape index (κ3) is 0.761. The van der Waals surface area contributed by atoms with Crippen molar-refractivity contribution in [2.24, 2.45) is 14.1 Å². The Morgan fingerprint density at radius 3 is 2.92 bits per heavy atom. The van der Waals surface area contributed by atoms with Crippen LogP contribution < -0.4 is 5.56 Å². The van der Waals surface area contributed by atoms with Crippen molar-refractivity contribution >= 4 is 11.0 Å². The van der Waals surface area contributed by atoms with E-state index in [2.05, 4.69) is 10.1 Å². The lowest BCUT2D eigenvalue weighted by atomic mass is 10.4. The number of aryl methyl sites for hydroxylation is 2. The van der Waals surface area contributed by atoms with Crippen LogP contribution in [0.1, 0.15) is 0 Å². The lowest BCUT2D eigenvalue weighted by molar-refractivity contribution is 0.712. The largest absolute Gasteiger partial charge is 0.329 e. The van der Waals surface area contributed by atoms with Crippen LogP contribution >= 0.6 is 0 Å². The summed E-state index contributed by atoms with van der Waals surface area (Å²) < 4.78 is 2.99. The van der Waals surface area contributed by atoms with Gasteiger partial charge in [0.1, 0.15) is 11.0 Å². The second-order valence-corrected chi connectivity index (χ2v) is 2.66. The van der Waals surface area contributed by atoms with E-state index in [-0.39, 0.29) is 5.56 Å². The van der Waals surface area contributed by atoms with Crippen molar-refractivity contribution < 1.29 is 0 Å². The summed E-state index contributed by atoms with van der Waals surface area (Å²) in [6.07, 6.45) is 3.18. The molecule has 5 nitrogen and oxygen atoms in total. The molecule has 0 fully saturated rings. The molecule has 0 amide bonds. The fourth-order valence-electron chi connectivity index (χ4n) is 1.15. The van der Waals surface area contributed by atoms with Crippen molar-refractivity contribution in [3.63, 3.8) is 0 Å². The third-order valence-electron chi connectivity index (χ3n) is 1.82. The molecule has 0 aliphatic carbocycles. The van der Waals surface area contributed by atoms with Gasteiger partial charge in [-0.05, 0) is 0 Å². The minimum Gasteiger partial charge on any atom is -0.329 e. The predicted molar refractivity (Wildman–Crippen MR) is 43.8 cm³/mol. The molecule has 0 saturated carbocycles. The maximum Gasteiger partial charge on any atom is 0.292 e. The second kappa shape index (κ2) is 2.17. The van der Waals surface area contributed by atoms with Gasteiger partial charge in [0.05, 0.1) is 12.5 Å². The number of rotatable bonds is 0. The highest BCUT2D eigenvalue weighted by Gasteiger charge is 2.04. The monoisotopic (exact) mass is 164 g/mol. The highest BCUT2D eigenvalue weighted by molar-refractivity contribution is 5.72. The first-order valence-electron chi connectivity index (χ1n) is 3.53. The van der Waals surface area contributed by atoms with Crippen LogP contribution in [0.5, 0.6) is 0 Å². The predicted octanol–water partition coefficient (Wildman–Crippen LogP) is -0.333. The molecule has 2 aromatic rings. The van der Waals surface area contributed by atoms with Crippen molar-refractivity contribution in [1.29, 1.82) is 0 Å². The van der Waals surface area contributed by atoms with Gasteiger partial charge in [-0.1, -0.05) is 0 Å². The molecular formula is C7H8N4O. The summed E-state index contributed by atoms with van der Waals surface area (Å²) >= 11 is 0. The van der Waals surface area contributed by atoms with E-state index in [1.807, 2.05) is 0 Å². The number of fused-ring (bicyclic) bond motifs is 1. The number of nitrogens with zero attached hydrogens (tertiary/aromatic N) is 4. The van der Waals surface area contributed by atoms with Gasteiger partial charge in [0.25, 0.3) is 5.56 Å². The van der Waals surface area contributed by atoms with Crippen LogP contribution in [0.2, 0.25) is 0 Å². The van der Waals surface area contributed by atoms with E-state index >= 15 is 0 Å². The Balaban J connectivity index is 3.06. The normalized spacial score (nSPS) is 10.8. The Bertz CT molecular complexity index is 482. The standard InChI is InChI=1S/C7H8N4O/c1-10-4-8-5-3-9-11(2)7(12)6(5)10/h3-4H,1-2H3. The van der Waals surface area contributed by atoms with Crippen molar-refractivity contribution in [2.45, 2.75) is 0 Å². The van der Waals surface area contributed by atoms with Crippen LogP contribution in [0.25, 0.3) is 11.0 Å². The van der Waals surface area contributed by atoms with Crippen LogP contribution in [0.15, 0.2) is 17.3 Å². The highest BCUT2D eigenvalue weighted by atomic mass is 16.1. The van der Waals surface area contributed by atoms with Crippen molar-refractivity contribution in [3.05, 3.63) is 22.9 Å². The number of hydrogen-bond acceptors (Lipinski definition) is 3. The summed E-state index contributed by atoms with van der Waals surface area (Å²) in [5.41, 5.74) is 1.11. The van der Waals surface area contributed by atoms with E-state index in [0.29, 0.717) is 11.0 Å². The molecule has 0 N–H and O–H groups in total. The lowest BCUT2D eigenvalue weighted by Crippen LogP contribution is -2.20. The van der Waals surface area contributed by atoms with Crippen molar-refractivity contribution in [1.82, 2.24) is 19.3 Å². The number of hydrogen-bond donors (Lipinski definition) is 0. The lowest BCUT2D eigenvalue weighted by Gasteiger charge is -1.95. The molecule has 62 valence electrons. The summed E-state index contributed by atoms with van der Waals surface area (Å²) in [5.74, 6) is 0. The SMILES string of the molecule is Cn1ncc2ncn(C)c2c1=O. The smallest absolute Gasteiger partial charge is 0.292 e. The van der Waals surface area contributed by atoms with Crippen LogP contribution in [-0.4, -0.2) is 19.3 Å². The van der Waals surface area contributed by atoms with Crippen LogP contribution in [0, 0.1) is 0 Å². The molecule has 0 radical (unpaired) electrons. The third-order valence-corrected chi connectivity index (χ3v) is 1.82. The average molecular weight is 164 g/mol. The molecule has 0 atom stereocenters. The van der Waals surface area contributed by atoms with Gasteiger partial charge in [0, 0.05) is 14.1 Å². The molecule has 5 heteroatoms. The van der Waals surface area contributed by atoms with Crippen LogP contribution in [-0.2, 0) is 14.1 Å². The molecule has 12 heavy (non-hydrogen) atoms. The van der Waals surface area contributed by atoms with Crippen LogP contribution in [0.4, 0.5) is 0 Å². The number of imidazole rings is 1. The fraction of sp³-hybridized carbons (Fsp3) is 0.286. The van der Waals surface area contributed by atoms with Crippen LogP contribution in [0.3, 0.4) is 0 Å². The summed E-state index contributed by atoms with van der Waals surface area (Å²) in [6, 6.07) is 0. The summed E-state index contributed by atoms with van der Waals surface area (Å²) in [5, 5.41) is 3.85. The molecule has 2 aromatic heterocycles. The molecule has 0 saturated heterocycles. The van der Waals surface area contributed by atoms with E-state index in [4.69, 9.17) is 0 Å². The van der Waals surface area contributed by atoms with Gasteiger partial charge in [0.2, 0.25) is 0 Å². The average Bonchev–Trinajstić information content (AvgIpc) is 2.41. The molecule has 0 spiro atoms. The summed E-state index contributed by atoms with van der Waals surface area (Å²) in [4.78, 5) is 15.5. The Labute approximate surface area is 68.3 Å². The summed E-state index contributed by atoms with van der Waals surface area (Å²) in [7, 11) is 3.41. The topological polar surface area (TPSA) is 52.7 Å². The fourth-order valence-corrected chi connectivity index (χ4v) is 1.15. The highest BCUT2D eigenvalue weighted by Crippen LogP contribution is 2.02. The second-order valence-electron chi connectivity index (χ2n) is 2.66. The molecule has 2 heterocycles. The Kier molecular flexibility index (Phi) is 1.27. The maximum absolute atomic E-state index is 11.4. The minimum absolute atomic E-state index is 0.118.